The number of amides is 1. The molecule has 1 atom stereocenters. The number of aromatic nitrogens is 2. The van der Waals surface area contributed by atoms with Gasteiger partial charge in [-0.25, -0.2) is 0 Å². The van der Waals surface area contributed by atoms with E-state index in [1.807, 2.05) is 0 Å². The standard InChI is InChI=1S/C17H17N3O5/c1-8-15(17(23)20-19-8)10(6-14(18)21)12-7-25-13-4-3-9(24-2)5-11(13)16(12)22/h3-5,7,10H,6H2,1-2H3,(H2,18,21)(H2,19,20,23)/t10-/m0/s1. The zero-order valence-corrected chi connectivity index (χ0v) is 13.7. The Morgan fingerprint density at radius 2 is 2.08 bits per heavy atom. The van der Waals surface area contributed by atoms with Gasteiger partial charge in [-0.05, 0) is 25.1 Å². The predicted octanol–water partition coefficient (Wildman–Crippen LogP) is 1.13. The Kier molecular flexibility index (Phi) is 4.18. The van der Waals surface area contributed by atoms with Crippen molar-refractivity contribution in [1.29, 1.82) is 0 Å². The minimum absolute atomic E-state index is 0.188. The van der Waals surface area contributed by atoms with E-state index in [9.17, 15) is 14.4 Å². The van der Waals surface area contributed by atoms with E-state index < -0.39 is 17.4 Å². The third kappa shape index (κ3) is 2.93. The summed E-state index contributed by atoms with van der Waals surface area (Å²) in [5, 5.41) is 5.44. The molecule has 0 fully saturated rings. The maximum Gasteiger partial charge on any atom is 0.267 e. The van der Waals surface area contributed by atoms with Crippen LogP contribution in [0.15, 0.2) is 38.5 Å². The fourth-order valence-electron chi connectivity index (χ4n) is 2.94. The van der Waals surface area contributed by atoms with Gasteiger partial charge in [0.05, 0.1) is 18.8 Å². The van der Waals surface area contributed by atoms with Crippen molar-refractivity contribution in [1.82, 2.24) is 10.2 Å². The van der Waals surface area contributed by atoms with Gasteiger partial charge < -0.3 is 20.0 Å². The minimum Gasteiger partial charge on any atom is -0.497 e. The van der Waals surface area contributed by atoms with Gasteiger partial charge >= 0.3 is 0 Å². The van der Waals surface area contributed by atoms with Gasteiger partial charge in [-0.1, -0.05) is 0 Å². The van der Waals surface area contributed by atoms with E-state index in [0.717, 1.165) is 0 Å². The highest BCUT2D eigenvalue weighted by Gasteiger charge is 2.26. The summed E-state index contributed by atoms with van der Waals surface area (Å²) in [5.41, 5.74) is 5.97. The molecule has 3 rings (SSSR count). The molecule has 8 nitrogen and oxygen atoms in total. The third-order valence-electron chi connectivity index (χ3n) is 4.15. The van der Waals surface area contributed by atoms with E-state index >= 15 is 0 Å². The number of aromatic amines is 2. The van der Waals surface area contributed by atoms with Gasteiger partial charge in [0, 0.05) is 29.2 Å². The second-order valence-corrected chi connectivity index (χ2v) is 5.72. The number of nitrogens with one attached hydrogen (secondary N) is 2. The minimum atomic E-state index is -0.806. The van der Waals surface area contributed by atoms with E-state index in [1.54, 1.807) is 25.1 Å². The highest BCUT2D eigenvalue weighted by Crippen LogP contribution is 2.27. The molecule has 0 bridgehead atoms. The summed E-state index contributed by atoms with van der Waals surface area (Å²) in [4.78, 5) is 36.6. The number of methoxy groups -OCH3 is 1. The smallest absolute Gasteiger partial charge is 0.267 e. The van der Waals surface area contributed by atoms with Crippen molar-refractivity contribution in [3.63, 3.8) is 0 Å². The lowest BCUT2D eigenvalue weighted by molar-refractivity contribution is -0.118. The molecule has 25 heavy (non-hydrogen) atoms. The van der Waals surface area contributed by atoms with Crippen molar-refractivity contribution in [2.24, 2.45) is 5.73 Å². The Hall–Kier alpha value is -3.29. The Morgan fingerprint density at radius 3 is 2.68 bits per heavy atom. The molecular weight excluding hydrogens is 326 g/mol. The normalized spacial score (nSPS) is 12.2. The number of primary amides is 1. The van der Waals surface area contributed by atoms with Crippen molar-refractivity contribution in [2.75, 3.05) is 7.11 Å². The number of hydrogen-bond donors (Lipinski definition) is 3. The highest BCUT2D eigenvalue weighted by molar-refractivity contribution is 5.80. The number of aryl methyl sites for hydroxylation is 1. The van der Waals surface area contributed by atoms with Crippen molar-refractivity contribution < 1.29 is 13.9 Å². The quantitative estimate of drug-likeness (QED) is 0.639. The van der Waals surface area contributed by atoms with Crippen molar-refractivity contribution >= 4 is 16.9 Å². The average Bonchev–Trinajstić information content (AvgIpc) is 2.92. The van der Waals surface area contributed by atoms with Gasteiger partial charge in [-0.2, -0.15) is 0 Å². The van der Waals surface area contributed by atoms with Crippen LogP contribution in [0.2, 0.25) is 0 Å². The van der Waals surface area contributed by atoms with Gasteiger partial charge in [-0.3, -0.25) is 19.5 Å². The molecule has 0 aliphatic rings. The second-order valence-electron chi connectivity index (χ2n) is 5.72. The third-order valence-corrected chi connectivity index (χ3v) is 4.15. The molecule has 0 spiro atoms. The van der Waals surface area contributed by atoms with Crippen LogP contribution < -0.4 is 21.5 Å². The number of fused-ring (bicyclic) bond motifs is 1. The van der Waals surface area contributed by atoms with Gasteiger partial charge in [0.15, 0.2) is 5.43 Å². The topological polar surface area (TPSA) is 131 Å². The van der Waals surface area contributed by atoms with Gasteiger partial charge in [-0.15, -0.1) is 0 Å². The molecule has 1 aromatic carbocycles. The molecule has 0 saturated heterocycles. The van der Waals surface area contributed by atoms with E-state index in [-0.39, 0.29) is 23.0 Å². The first kappa shape index (κ1) is 16.6. The monoisotopic (exact) mass is 343 g/mol. The summed E-state index contributed by atoms with van der Waals surface area (Å²) in [6, 6.07) is 4.85. The second kappa shape index (κ2) is 6.31. The molecular formula is C17H17N3O5. The summed E-state index contributed by atoms with van der Waals surface area (Å²) in [7, 11) is 1.49. The van der Waals surface area contributed by atoms with Crippen molar-refractivity contribution in [3.8, 4) is 5.75 Å². The maximum atomic E-state index is 12.9. The first-order valence-corrected chi connectivity index (χ1v) is 7.57. The SMILES string of the molecule is COc1ccc2occ([C@H](CC(N)=O)c3c(C)[nH][nH]c3=O)c(=O)c2c1. The molecule has 130 valence electrons. The van der Waals surface area contributed by atoms with Crippen LogP contribution in [0, 0.1) is 6.92 Å². The van der Waals surface area contributed by atoms with Gasteiger partial charge in [0.25, 0.3) is 5.56 Å². The molecule has 2 heterocycles. The predicted molar refractivity (Wildman–Crippen MR) is 90.8 cm³/mol. The van der Waals surface area contributed by atoms with Crippen LogP contribution in [0.3, 0.4) is 0 Å². The van der Waals surface area contributed by atoms with E-state index in [1.165, 1.54) is 13.4 Å². The molecule has 3 aromatic rings. The number of nitrogens with two attached hydrogens (primary N) is 1. The Morgan fingerprint density at radius 1 is 1.32 bits per heavy atom. The van der Waals surface area contributed by atoms with Crippen LogP contribution in [0.1, 0.15) is 29.2 Å². The number of carbonyl (C=O) groups excluding carboxylic acids is 1. The van der Waals surface area contributed by atoms with Crippen molar-refractivity contribution in [3.05, 3.63) is 61.9 Å². The first-order chi connectivity index (χ1) is 11.9. The summed E-state index contributed by atoms with van der Waals surface area (Å²) in [5.74, 6) is -0.937. The summed E-state index contributed by atoms with van der Waals surface area (Å²) in [6.07, 6.45) is 1.08. The zero-order chi connectivity index (χ0) is 18.1. The number of ether oxygens (including phenoxy) is 1. The van der Waals surface area contributed by atoms with Gasteiger partial charge in [0.1, 0.15) is 11.3 Å². The maximum absolute atomic E-state index is 12.9. The molecule has 0 radical (unpaired) electrons. The molecule has 0 aliphatic carbocycles. The number of rotatable bonds is 5. The zero-order valence-electron chi connectivity index (χ0n) is 13.7. The van der Waals surface area contributed by atoms with Crippen LogP contribution in [-0.2, 0) is 4.79 Å². The fraction of sp³-hybridized carbons (Fsp3) is 0.235. The number of benzene rings is 1. The van der Waals surface area contributed by atoms with E-state index in [4.69, 9.17) is 14.9 Å². The van der Waals surface area contributed by atoms with Crippen LogP contribution in [0.4, 0.5) is 0 Å². The lowest BCUT2D eigenvalue weighted by atomic mass is 9.89. The fourth-order valence-corrected chi connectivity index (χ4v) is 2.94. The molecule has 0 unspecified atom stereocenters. The largest absolute Gasteiger partial charge is 0.497 e. The number of hydrogen-bond acceptors (Lipinski definition) is 5. The molecule has 1 amide bonds. The number of H-pyrrole nitrogens is 2. The lowest BCUT2D eigenvalue weighted by Crippen LogP contribution is -2.24. The van der Waals surface area contributed by atoms with Crippen LogP contribution in [0.5, 0.6) is 5.75 Å². The van der Waals surface area contributed by atoms with Crippen LogP contribution >= 0.6 is 0 Å². The molecule has 8 heteroatoms. The van der Waals surface area contributed by atoms with E-state index in [2.05, 4.69) is 10.2 Å². The molecule has 0 saturated carbocycles. The van der Waals surface area contributed by atoms with Crippen LogP contribution in [-0.4, -0.2) is 23.2 Å². The Balaban J connectivity index is 2.26. The van der Waals surface area contributed by atoms with E-state index in [0.29, 0.717) is 22.4 Å². The Bertz CT molecular complexity index is 1060. The van der Waals surface area contributed by atoms with Gasteiger partial charge in [0.2, 0.25) is 5.91 Å². The number of carbonyl (C=O) groups is 1. The molecule has 0 aliphatic heterocycles. The average molecular weight is 343 g/mol. The van der Waals surface area contributed by atoms with Crippen molar-refractivity contribution in [2.45, 2.75) is 19.3 Å². The molecule has 2 aromatic heterocycles. The molecule has 4 N–H and O–H groups in total. The summed E-state index contributed by atoms with van der Waals surface area (Å²) >= 11 is 0. The summed E-state index contributed by atoms with van der Waals surface area (Å²) < 4.78 is 10.7. The highest BCUT2D eigenvalue weighted by atomic mass is 16.5. The van der Waals surface area contributed by atoms with Crippen LogP contribution in [0.25, 0.3) is 11.0 Å². The summed E-state index contributed by atoms with van der Waals surface area (Å²) in [6.45, 7) is 1.67. The lowest BCUT2D eigenvalue weighted by Gasteiger charge is -2.14. The first-order valence-electron chi connectivity index (χ1n) is 7.57. The Labute approximate surface area is 141 Å².